The Balaban J connectivity index is 1.66. The van der Waals surface area contributed by atoms with Gasteiger partial charge in [0, 0.05) is 31.7 Å². The largest absolute Gasteiger partial charge is 0.497 e. The Bertz CT molecular complexity index is 1000. The van der Waals surface area contributed by atoms with Crippen LogP contribution in [0.25, 0.3) is 10.2 Å². The van der Waals surface area contributed by atoms with Gasteiger partial charge in [0.2, 0.25) is 0 Å². The van der Waals surface area contributed by atoms with Gasteiger partial charge in [0.1, 0.15) is 5.75 Å². The Hall–Kier alpha value is -2.48. The number of nitrogens with zero attached hydrogens (tertiary/aromatic N) is 3. The topological polar surface area (TPSA) is 54.9 Å². The molecule has 1 aliphatic rings. The predicted molar refractivity (Wildman–Crippen MR) is 121 cm³/mol. The molecule has 0 aliphatic carbocycles. The maximum Gasteiger partial charge on any atom is 0.260 e. The molecule has 7 heteroatoms. The van der Waals surface area contributed by atoms with Gasteiger partial charge in [-0.3, -0.25) is 14.6 Å². The summed E-state index contributed by atoms with van der Waals surface area (Å²) < 4.78 is 11.9. The van der Waals surface area contributed by atoms with Gasteiger partial charge in [0.25, 0.3) is 5.91 Å². The molecule has 0 bridgehead atoms. The third-order valence-electron chi connectivity index (χ3n) is 5.53. The quantitative estimate of drug-likeness (QED) is 0.600. The van der Waals surface area contributed by atoms with E-state index in [0.717, 1.165) is 48.2 Å². The predicted octanol–water partition coefficient (Wildman–Crippen LogP) is 3.90. The maximum atomic E-state index is 13.5. The van der Waals surface area contributed by atoms with Crippen LogP contribution in [0.5, 0.6) is 5.75 Å². The van der Waals surface area contributed by atoms with Gasteiger partial charge >= 0.3 is 0 Å². The molecule has 0 saturated carbocycles. The molecule has 0 unspecified atom stereocenters. The van der Waals surface area contributed by atoms with Crippen LogP contribution in [0.2, 0.25) is 0 Å². The van der Waals surface area contributed by atoms with E-state index < -0.39 is 0 Å². The van der Waals surface area contributed by atoms with Gasteiger partial charge in [-0.2, -0.15) is 0 Å². The molecule has 2 aromatic carbocycles. The van der Waals surface area contributed by atoms with E-state index in [-0.39, 0.29) is 5.91 Å². The van der Waals surface area contributed by atoms with Crippen molar-refractivity contribution in [3.8, 4) is 5.75 Å². The van der Waals surface area contributed by atoms with E-state index in [2.05, 4.69) is 30.9 Å². The number of benzene rings is 2. The van der Waals surface area contributed by atoms with Crippen molar-refractivity contribution in [2.75, 3.05) is 51.4 Å². The van der Waals surface area contributed by atoms with Crippen LogP contribution in [0.15, 0.2) is 36.4 Å². The summed E-state index contributed by atoms with van der Waals surface area (Å²) in [5.74, 6) is 0.610. The Kier molecular flexibility index (Phi) is 6.32. The van der Waals surface area contributed by atoms with E-state index in [4.69, 9.17) is 14.5 Å². The number of aryl methyl sites for hydroxylation is 2. The summed E-state index contributed by atoms with van der Waals surface area (Å²) >= 11 is 1.57. The van der Waals surface area contributed by atoms with Crippen LogP contribution >= 0.6 is 11.3 Å². The van der Waals surface area contributed by atoms with E-state index in [1.165, 1.54) is 11.1 Å². The van der Waals surface area contributed by atoms with Crippen molar-refractivity contribution in [2.45, 2.75) is 13.8 Å². The fourth-order valence-electron chi connectivity index (χ4n) is 3.55. The number of carbonyl (C=O) groups is 1. The molecule has 1 saturated heterocycles. The number of amides is 1. The highest BCUT2D eigenvalue weighted by Crippen LogP contribution is 2.32. The average Bonchev–Trinajstić information content (AvgIpc) is 3.17. The number of ether oxygens (including phenoxy) is 2. The molecule has 1 aliphatic heterocycles. The van der Waals surface area contributed by atoms with Crippen molar-refractivity contribution in [1.29, 1.82) is 0 Å². The van der Waals surface area contributed by atoms with Gasteiger partial charge < -0.3 is 9.47 Å². The monoisotopic (exact) mass is 425 g/mol. The molecule has 2 heterocycles. The third-order valence-corrected chi connectivity index (χ3v) is 6.57. The molecule has 1 aromatic heterocycles. The third kappa shape index (κ3) is 4.48. The average molecular weight is 426 g/mol. The van der Waals surface area contributed by atoms with Gasteiger partial charge in [-0.05, 0) is 55.3 Å². The second-order valence-electron chi connectivity index (χ2n) is 7.54. The van der Waals surface area contributed by atoms with Crippen LogP contribution in [0.3, 0.4) is 0 Å². The molecule has 30 heavy (non-hydrogen) atoms. The van der Waals surface area contributed by atoms with Gasteiger partial charge in [-0.1, -0.05) is 17.4 Å². The number of rotatable bonds is 6. The zero-order chi connectivity index (χ0) is 21.1. The number of methoxy groups -OCH3 is 1. The molecule has 1 amide bonds. The molecule has 0 N–H and O–H groups in total. The number of thiazole rings is 1. The number of hydrogen-bond acceptors (Lipinski definition) is 6. The summed E-state index contributed by atoms with van der Waals surface area (Å²) in [6.45, 7) is 8.81. The lowest BCUT2D eigenvalue weighted by Gasteiger charge is -2.29. The second-order valence-corrected chi connectivity index (χ2v) is 8.55. The minimum atomic E-state index is -0.0605. The van der Waals surface area contributed by atoms with E-state index in [1.54, 1.807) is 29.4 Å². The highest BCUT2D eigenvalue weighted by Gasteiger charge is 2.23. The number of hydrogen-bond donors (Lipinski definition) is 0. The summed E-state index contributed by atoms with van der Waals surface area (Å²) in [5.41, 5.74) is 3.98. The second kappa shape index (κ2) is 9.12. The summed E-state index contributed by atoms with van der Waals surface area (Å²) in [7, 11) is 1.61. The minimum Gasteiger partial charge on any atom is -0.497 e. The lowest BCUT2D eigenvalue weighted by Crippen LogP contribution is -2.43. The Morgan fingerprint density at radius 2 is 1.97 bits per heavy atom. The molecule has 0 atom stereocenters. The summed E-state index contributed by atoms with van der Waals surface area (Å²) in [5, 5.41) is 0.732. The number of anilines is 1. The molecule has 6 nitrogen and oxygen atoms in total. The van der Waals surface area contributed by atoms with Crippen LogP contribution in [0.1, 0.15) is 21.5 Å². The molecular weight excluding hydrogens is 398 g/mol. The lowest BCUT2D eigenvalue weighted by molar-refractivity contribution is 0.0391. The Morgan fingerprint density at radius 1 is 1.20 bits per heavy atom. The normalized spacial score (nSPS) is 14.8. The Labute approximate surface area is 181 Å². The van der Waals surface area contributed by atoms with Gasteiger partial charge in [-0.15, -0.1) is 0 Å². The van der Waals surface area contributed by atoms with E-state index in [1.807, 2.05) is 18.2 Å². The molecule has 158 valence electrons. The van der Waals surface area contributed by atoms with E-state index in [0.29, 0.717) is 17.9 Å². The van der Waals surface area contributed by atoms with E-state index >= 15 is 0 Å². The first-order chi connectivity index (χ1) is 14.5. The lowest BCUT2D eigenvalue weighted by atomic mass is 10.1. The SMILES string of the molecule is COc1cccc(C(=O)N(CCN2CCOCC2)c2nc3cc(C)c(C)cc3s2)c1. The molecule has 3 aromatic rings. The van der Waals surface area contributed by atoms with Crippen LogP contribution in [-0.2, 0) is 4.74 Å². The maximum absolute atomic E-state index is 13.5. The van der Waals surface area contributed by atoms with Crippen molar-refractivity contribution >= 4 is 32.6 Å². The molecule has 0 spiro atoms. The van der Waals surface area contributed by atoms with Crippen molar-refractivity contribution in [3.05, 3.63) is 53.1 Å². The standard InChI is InChI=1S/C23H27N3O3S/c1-16-13-20-21(14-17(16)2)30-23(24-20)26(8-7-25-9-11-29-12-10-25)22(27)18-5-4-6-19(15-18)28-3/h4-6,13-15H,7-12H2,1-3H3. The van der Waals surface area contributed by atoms with Gasteiger partial charge in [-0.25, -0.2) is 4.98 Å². The molecule has 4 rings (SSSR count). The molecule has 0 radical (unpaired) electrons. The first kappa shape index (κ1) is 20.8. The summed E-state index contributed by atoms with van der Waals surface area (Å²) in [6.07, 6.45) is 0. The zero-order valence-electron chi connectivity index (χ0n) is 17.7. The van der Waals surface area contributed by atoms with Crippen LogP contribution < -0.4 is 9.64 Å². The minimum absolute atomic E-state index is 0.0605. The van der Waals surface area contributed by atoms with Crippen LogP contribution in [-0.4, -0.2) is 62.3 Å². The van der Waals surface area contributed by atoms with Crippen molar-refractivity contribution < 1.29 is 14.3 Å². The summed E-state index contributed by atoms with van der Waals surface area (Å²) in [4.78, 5) is 22.4. The van der Waals surface area contributed by atoms with Crippen LogP contribution in [0.4, 0.5) is 5.13 Å². The first-order valence-corrected chi connectivity index (χ1v) is 11.0. The van der Waals surface area contributed by atoms with Crippen molar-refractivity contribution in [3.63, 3.8) is 0 Å². The number of aromatic nitrogens is 1. The number of morpholine rings is 1. The Morgan fingerprint density at radius 3 is 2.73 bits per heavy atom. The van der Waals surface area contributed by atoms with Crippen molar-refractivity contribution in [1.82, 2.24) is 9.88 Å². The number of carbonyl (C=O) groups excluding carboxylic acids is 1. The smallest absolute Gasteiger partial charge is 0.260 e. The van der Waals surface area contributed by atoms with E-state index in [9.17, 15) is 4.79 Å². The fourth-order valence-corrected chi connectivity index (χ4v) is 4.62. The summed E-state index contributed by atoms with van der Waals surface area (Å²) in [6, 6.07) is 11.6. The van der Waals surface area contributed by atoms with Gasteiger partial charge in [0.15, 0.2) is 5.13 Å². The highest BCUT2D eigenvalue weighted by atomic mass is 32.1. The zero-order valence-corrected chi connectivity index (χ0v) is 18.5. The molecule has 1 fully saturated rings. The van der Waals surface area contributed by atoms with Crippen LogP contribution in [0, 0.1) is 13.8 Å². The number of fused-ring (bicyclic) bond motifs is 1. The molecular formula is C23H27N3O3S. The van der Waals surface area contributed by atoms with Crippen molar-refractivity contribution in [2.24, 2.45) is 0 Å². The van der Waals surface area contributed by atoms with Gasteiger partial charge in [0.05, 0.1) is 30.5 Å². The highest BCUT2D eigenvalue weighted by molar-refractivity contribution is 7.22. The first-order valence-electron chi connectivity index (χ1n) is 10.2. The fraction of sp³-hybridized carbons (Fsp3) is 0.391.